The third-order valence-corrected chi connectivity index (χ3v) is 7.66. The van der Waals surface area contributed by atoms with Crippen LogP contribution in [0.4, 0.5) is 28.0 Å². The second-order valence-corrected chi connectivity index (χ2v) is 9.82. The maximum atomic E-state index is 13.7. The van der Waals surface area contributed by atoms with Crippen LogP contribution in [0.2, 0.25) is 0 Å². The number of likely N-dealkylation sites (tertiary alicyclic amines) is 1. The Balaban J connectivity index is 1.51. The van der Waals surface area contributed by atoms with Crippen LogP contribution in [0.1, 0.15) is 50.2 Å². The van der Waals surface area contributed by atoms with Crippen molar-refractivity contribution in [2.45, 2.75) is 62.7 Å². The number of nitrogens with zero attached hydrogens (tertiary/aromatic N) is 1. The minimum absolute atomic E-state index is 0.104. The van der Waals surface area contributed by atoms with Gasteiger partial charge >= 0.3 is 12.2 Å². The van der Waals surface area contributed by atoms with Crippen molar-refractivity contribution in [1.82, 2.24) is 10.2 Å². The van der Waals surface area contributed by atoms with Crippen molar-refractivity contribution in [1.29, 1.82) is 0 Å². The highest BCUT2D eigenvalue weighted by molar-refractivity contribution is 5.89. The van der Waals surface area contributed by atoms with Crippen molar-refractivity contribution in [3.05, 3.63) is 53.3 Å². The molecule has 0 radical (unpaired) electrons. The fourth-order valence-corrected chi connectivity index (χ4v) is 5.99. The summed E-state index contributed by atoms with van der Waals surface area (Å²) >= 11 is 0. The molecule has 3 unspecified atom stereocenters. The van der Waals surface area contributed by atoms with Gasteiger partial charge in [-0.1, -0.05) is 13.0 Å². The smallest absolute Gasteiger partial charge is 0.416 e. The van der Waals surface area contributed by atoms with E-state index in [1.807, 2.05) is 12.1 Å². The van der Waals surface area contributed by atoms with Gasteiger partial charge in [0.15, 0.2) is 11.5 Å². The van der Waals surface area contributed by atoms with Crippen molar-refractivity contribution < 1.29 is 31.8 Å². The average Bonchev–Trinajstić information content (AvgIpc) is 3.21. The summed E-state index contributed by atoms with van der Waals surface area (Å²) in [5.41, 5.74) is -0.320. The van der Waals surface area contributed by atoms with E-state index in [9.17, 15) is 22.4 Å². The first-order valence-electron chi connectivity index (χ1n) is 12.5. The van der Waals surface area contributed by atoms with Crippen LogP contribution < -0.4 is 20.1 Å². The molecular formula is C27H33F4N3O3. The standard InChI is InChI=1S/C27H33F4N3O3/c1-4-10-34-11-9-26(17-5-6-22(36-2)23(14-17)37-3)8-7-20(16-24(26)34)32-25(35)33-21-13-18(27(29,30)31)12-19(28)15-21/h5-6,12-15,20,24H,4,7-11,16H2,1-3H3,(H2,32,33,35). The molecule has 1 heterocycles. The first kappa shape index (κ1) is 27.0. The van der Waals surface area contributed by atoms with Crippen LogP contribution in [0.15, 0.2) is 36.4 Å². The van der Waals surface area contributed by atoms with Crippen LogP contribution >= 0.6 is 0 Å². The van der Waals surface area contributed by atoms with Gasteiger partial charge in [0.1, 0.15) is 5.82 Å². The monoisotopic (exact) mass is 523 g/mol. The number of rotatable bonds is 7. The van der Waals surface area contributed by atoms with Crippen LogP contribution in [0.3, 0.4) is 0 Å². The number of methoxy groups -OCH3 is 2. The molecule has 0 spiro atoms. The van der Waals surface area contributed by atoms with E-state index in [0.717, 1.165) is 44.5 Å². The molecule has 1 saturated heterocycles. The minimum atomic E-state index is -4.71. The molecule has 1 aliphatic carbocycles. The number of nitrogens with one attached hydrogen (secondary N) is 2. The number of carbonyl (C=O) groups excluding carboxylic acids is 1. The molecule has 202 valence electrons. The van der Waals surface area contributed by atoms with E-state index < -0.39 is 23.6 Å². The van der Waals surface area contributed by atoms with Gasteiger partial charge in [-0.3, -0.25) is 4.90 Å². The number of benzene rings is 2. The molecule has 2 fully saturated rings. The zero-order chi connectivity index (χ0) is 26.8. The normalized spacial score (nSPS) is 23.9. The van der Waals surface area contributed by atoms with Crippen LogP contribution in [0.25, 0.3) is 0 Å². The number of fused-ring (bicyclic) bond motifs is 1. The van der Waals surface area contributed by atoms with E-state index in [4.69, 9.17) is 9.47 Å². The highest BCUT2D eigenvalue weighted by Gasteiger charge is 2.51. The van der Waals surface area contributed by atoms with Gasteiger partial charge in [0.25, 0.3) is 0 Å². The first-order valence-corrected chi connectivity index (χ1v) is 12.5. The summed E-state index contributed by atoms with van der Waals surface area (Å²) in [6.07, 6.45) is -0.505. The SMILES string of the molecule is CCCN1CCC2(c3ccc(OC)c(OC)c3)CCC(NC(=O)Nc3cc(F)cc(C(F)(F)F)c3)CC12. The van der Waals surface area contributed by atoms with Crippen molar-refractivity contribution in [2.24, 2.45) is 0 Å². The van der Waals surface area contributed by atoms with E-state index >= 15 is 0 Å². The lowest BCUT2D eigenvalue weighted by atomic mass is 9.65. The maximum absolute atomic E-state index is 13.7. The van der Waals surface area contributed by atoms with Gasteiger partial charge in [-0.15, -0.1) is 0 Å². The van der Waals surface area contributed by atoms with E-state index in [1.54, 1.807) is 14.2 Å². The summed E-state index contributed by atoms with van der Waals surface area (Å²) in [4.78, 5) is 15.1. The number of urea groups is 1. The zero-order valence-corrected chi connectivity index (χ0v) is 21.3. The number of hydrogen-bond donors (Lipinski definition) is 2. The highest BCUT2D eigenvalue weighted by atomic mass is 19.4. The summed E-state index contributed by atoms with van der Waals surface area (Å²) in [5.74, 6) is 0.277. The third kappa shape index (κ3) is 5.63. The molecular weight excluding hydrogens is 490 g/mol. The summed E-state index contributed by atoms with van der Waals surface area (Å²) in [6.45, 7) is 4.01. The average molecular weight is 524 g/mol. The van der Waals surface area contributed by atoms with E-state index in [1.165, 1.54) is 5.56 Å². The summed E-state index contributed by atoms with van der Waals surface area (Å²) in [6, 6.07) is 7.42. The predicted molar refractivity (Wildman–Crippen MR) is 133 cm³/mol. The van der Waals surface area contributed by atoms with Crippen molar-refractivity contribution in [2.75, 3.05) is 32.6 Å². The van der Waals surface area contributed by atoms with E-state index in [0.29, 0.717) is 30.4 Å². The van der Waals surface area contributed by atoms with Crippen molar-refractivity contribution >= 4 is 11.7 Å². The van der Waals surface area contributed by atoms with Gasteiger partial charge in [0.05, 0.1) is 19.8 Å². The summed E-state index contributed by atoms with van der Waals surface area (Å²) < 4.78 is 63.8. The maximum Gasteiger partial charge on any atom is 0.416 e. The number of alkyl halides is 3. The molecule has 2 aromatic rings. The molecule has 0 aromatic heterocycles. The molecule has 3 atom stereocenters. The fourth-order valence-electron chi connectivity index (χ4n) is 5.99. The van der Waals surface area contributed by atoms with Crippen LogP contribution in [-0.2, 0) is 11.6 Å². The third-order valence-electron chi connectivity index (χ3n) is 7.66. The Morgan fingerprint density at radius 3 is 2.54 bits per heavy atom. The number of carbonyl (C=O) groups is 1. The second-order valence-electron chi connectivity index (χ2n) is 9.82. The molecule has 2 amide bonds. The van der Waals surface area contributed by atoms with Crippen LogP contribution in [0, 0.1) is 5.82 Å². The van der Waals surface area contributed by atoms with Crippen molar-refractivity contribution in [3.8, 4) is 11.5 Å². The van der Waals surface area contributed by atoms with E-state index in [2.05, 4.69) is 28.5 Å². The molecule has 1 aliphatic heterocycles. The topological polar surface area (TPSA) is 62.8 Å². The molecule has 1 saturated carbocycles. The Morgan fingerprint density at radius 2 is 1.86 bits per heavy atom. The van der Waals surface area contributed by atoms with Gasteiger partial charge in [-0.2, -0.15) is 13.2 Å². The molecule has 4 rings (SSSR count). The fraction of sp³-hybridized carbons (Fsp3) is 0.519. The first-order chi connectivity index (χ1) is 17.6. The van der Waals surface area contributed by atoms with Gasteiger partial charge in [-0.05, 0) is 81.1 Å². The number of ether oxygens (including phenoxy) is 2. The van der Waals surface area contributed by atoms with Gasteiger partial charge in [0.2, 0.25) is 0 Å². The quantitative estimate of drug-likeness (QED) is 0.440. The Hall–Kier alpha value is -3.01. The molecule has 2 aliphatic rings. The zero-order valence-electron chi connectivity index (χ0n) is 21.3. The Kier molecular flexibility index (Phi) is 7.87. The Labute approximate surface area is 214 Å². The minimum Gasteiger partial charge on any atom is -0.493 e. The Morgan fingerprint density at radius 1 is 1.11 bits per heavy atom. The number of halogens is 4. The van der Waals surface area contributed by atoms with Crippen LogP contribution in [0.5, 0.6) is 11.5 Å². The van der Waals surface area contributed by atoms with Crippen LogP contribution in [-0.4, -0.2) is 50.3 Å². The van der Waals surface area contributed by atoms with Crippen molar-refractivity contribution in [3.63, 3.8) is 0 Å². The molecule has 2 N–H and O–H groups in total. The summed E-state index contributed by atoms with van der Waals surface area (Å²) in [7, 11) is 3.22. The molecule has 6 nitrogen and oxygen atoms in total. The lowest BCUT2D eigenvalue weighted by Crippen LogP contribution is -2.53. The highest BCUT2D eigenvalue weighted by Crippen LogP contribution is 2.50. The molecule has 0 bridgehead atoms. The molecule has 2 aromatic carbocycles. The second kappa shape index (κ2) is 10.8. The van der Waals surface area contributed by atoms with E-state index in [-0.39, 0.29) is 23.2 Å². The number of hydrogen-bond acceptors (Lipinski definition) is 4. The number of anilines is 1. The summed E-state index contributed by atoms with van der Waals surface area (Å²) in [5, 5.41) is 5.28. The Bertz CT molecular complexity index is 1130. The number of amides is 2. The predicted octanol–water partition coefficient (Wildman–Crippen LogP) is 5.96. The van der Waals surface area contributed by atoms with Gasteiger partial charge in [-0.25, -0.2) is 9.18 Å². The molecule has 37 heavy (non-hydrogen) atoms. The lowest BCUT2D eigenvalue weighted by Gasteiger charge is -2.45. The lowest BCUT2D eigenvalue weighted by molar-refractivity contribution is -0.137. The van der Waals surface area contributed by atoms with Gasteiger partial charge < -0.3 is 20.1 Å². The molecule has 10 heteroatoms. The van der Waals surface area contributed by atoms with Gasteiger partial charge in [0, 0.05) is 23.2 Å². The largest absolute Gasteiger partial charge is 0.493 e.